The van der Waals surface area contributed by atoms with Gasteiger partial charge in [-0.3, -0.25) is 0 Å². The fraction of sp³-hybridized carbons (Fsp3) is 0.500. The van der Waals surface area contributed by atoms with Crippen molar-refractivity contribution in [1.82, 2.24) is 0 Å². The van der Waals surface area contributed by atoms with E-state index < -0.39 is 0 Å². The quantitative estimate of drug-likeness (QED) is 0.615. The van der Waals surface area contributed by atoms with E-state index in [1.807, 2.05) is 0 Å². The molecule has 1 aliphatic carbocycles. The Morgan fingerprint density at radius 1 is 1.00 bits per heavy atom. The molecule has 4 unspecified atom stereocenters. The molecule has 0 spiro atoms. The van der Waals surface area contributed by atoms with Crippen LogP contribution in [0.25, 0.3) is 0 Å². The van der Waals surface area contributed by atoms with E-state index in [2.05, 4.69) is 67.7 Å². The van der Waals surface area contributed by atoms with Crippen molar-refractivity contribution in [2.45, 2.75) is 70.3 Å². The molecule has 4 atom stereocenters. The molecular formula is C24H31N. The van der Waals surface area contributed by atoms with Gasteiger partial charge in [0, 0.05) is 17.6 Å². The fourth-order valence-electron chi connectivity index (χ4n) is 5.06. The van der Waals surface area contributed by atoms with E-state index in [0.717, 1.165) is 5.92 Å². The first kappa shape index (κ1) is 16.7. The number of anilines is 1. The zero-order chi connectivity index (χ0) is 17.2. The van der Waals surface area contributed by atoms with Crippen molar-refractivity contribution in [1.29, 1.82) is 0 Å². The summed E-state index contributed by atoms with van der Waals surface area (Å²) in [4.78, 5) is 0. The fourth-order valence-corrected chi connectivity index (χ4v) is 5.06. The number of nitrogens with one attached hydrogen (secondary N) is 1. The standard InChI is InChI=1S/C24H31N/c1-3-4-6-9-18-13-15-21-22(16-18)25-24-17(2)12-14-20(23(21)24)19-10-7-5-8-11-19/h5,7-8,10-11,13,15-17,20,23-25H,3-4,6,9,12,14H2,1-2H3. The van der Waals surface area contributed by atoms with Crippen molar-refractivity contribution in [2.24, 2.45) is 5.92 Å². The Bertz CT molecular complexity index is 705. The molecule has 0 bridgehead atoms. The SMILES string of the molecule is CCCCCc1ccc2c(c1)NC1C(C)CCC(c3ccccc3)C21. The largest absolute Gasteiger partial charge is 0.381 e. The summed E-state index contributed by atoms with van der Waals surface area (Å²) in [6, 6.07) is 19.0. The van der Waals surface area contributed by atoms with E-state index in [9.17, 15) is 0 Å². The van der Waals surface area contributed by atoms with E-state index >= 15 is 0 Å². The Morgan fingerprint density at radius 3 is 2.64 bits per heavy atom. The van der Waals surface area contributed by atoms with Gasteiger partial charge in [-0.15, -0.1) is 0 Å². The minimum atomic E-state index is 0.597. The van der Waals surface area contributed by atoms with Gasteiger partial charge in [0.15, 0.2) is 0 Å². The van der Waals surface area contributed by atoms with Gasteiger partial charge in [0.25, 0.3) is 0 Å². The van der Waals surface area contributed by atoms with Crippen LogP contribution in [0.5, 0.6) is 0 Å². The summed E-state index contributed by atoms with van der Waals surface area (Å²) in [7, 11) is 0. The molecule has 4 rings (SSSR count). The zero-order valence-electron chi connectivity index (χ0n) is 15.7. The summed E-state index contributed by atoms with van der Waals surface area (Å²) in [6.45, 7) is 4.71. The molecular weight excluding hydrogens is 302 g/mol. The van der Waals surface area contributed by atoms with Crippen LogP contribution in [0, 0.1) is 5.92 Å². The average Bonchev–Trinajstić information content (AvgIpc) is 3.03. The third-order valence-electron chi connectivity index (χ3n) is 6.46. The molecule has 2 aromatic rings. The first-order valence-electron chi connectivity index (χ1n) is 10.2. The second kappa shape index (κ2) is 7.23. The Morgan fingerprint density at radius 2 is 1.84 bits per heavy atom. The molecule has 0 radical (unpaired) electrons. The molecule has 25 heavy (non-hydrogen) atoms. The Kier molecular flexibility index (Phi) is 4.83. The van der Waals surface area contributed by atoms with Crippen LogP contribution in [0.4, 0.5) is 5.69 Å². The maximum Gasteiger partial charge on any atom is 0.0381 e. The lowest BCUT2D eigenvalue weighted by Gasteiger charge is -2.38. The van der Waals surface area contributed by atoms with Crippen molar-refractivity contribution in [3.05, 3.63) is 65.2 Å². The molecule has 0 amide bonds. The lowest BCUT2D eigenvalue weighted by atomic mass is 9.67. The molecule has 1 nitrogen and oxygen atoms in total. The van der Waals surface area contributed by atoms with E-state index in [1.54, 1.807) is 5.56 Å². The van der Waals surface area contributed by atoms with Crippen LogP contribution < -0.4 is 5.32 Å². The molecule has 2 aliphatic rings. The van der Waals surface area contributed by atoms with Gasteiger partial charge in [-0.1, -0.05) is 69.2 Å². The highest BCUT2D eigenvalue weighted by molar-refractivity contribution is 5.62. The summed E-state index contributed by atoms with van der Waals surface area (Å²) in [5.74, 6) is 2.04. The van der Waals surface area contributed by atoms with Crippen LogP contribution in [-0.4, -0.2) is 6.04 Å². The minimum Gasteiger partial charge on any atom is -0.381 e. The summed E-state index contributed by atoms with van der Waals surface area (Å²) in [5, 5.41) is 3.92. The summed E-state index contributed by atoms with van der Waals surface area (Å²) < 4.78 is 0. The van der Waals surface area contributed by atoms with Crippen LogP contribution in [0.15, 0.2) is 48.5 Å². The van der Waals surface area contributed by atoms with E-state index in [0.29, 0.717) is 17.9 Å². The summed E-state index contributed by atoms with van der Waals surface area (Å²) in [6.07, 6.45) is 7.80. The average molecular weight is 334 g/mol. The lowest BCUT2D eigenvalue weighted by molar-refractivity contribution is 0.287. The third-order valence-corrected chi connectivity index (χ3v) is 6.46. The van der Waals surface area contributed by atoms with Crippen LogP contribution in [0.3, 0.4) is 0 Å². The number of aryl methyl sites for hydroxylation is 1. The second-order valence-electron chi connectivity index (χ2n) is 8.15. The van der Waals surface area contributed by atoms with Gasteiger partial charge in [-0.05, 0) is 60.3 Å². The molecule has 1 aliphatic heterocycles. The van der Waals surface area contributed by atoms with Crippen molar-refractivity contribution >= 4 is 5.69 Å². The predicted octanol–water partition coefficient (Wildman–Crippen LogP) is 6.51. The van der Waals surface area contributed by atoms with Crippen LogP contribution in [0.1, 0.15) is 74.5 Å². The van der Waals surface area contributed by atoms with Crippen molar-refractivity contribution < 1.29 is 0 Å². The molecule has 1 saturated carbocycles. The first-order valence-corrected chi connectivity index (χ1v) is 10.2. The molecule has 2 aromatic carbocycles. The van der Waals surface area contributed by atoms with Crippen molar-refractivity contribution in [3.63, 3.8) is 0 Å². The smallest absolute Gasteiger partial charge is 0.0381 e. The summed E-state index contributed by atoms with van der Waals surface area (Å²) in [5.41, 5.74) is 6.00. The number of rotatable bonds is 5. The van der Waals surface area contributed by atoms with E-state index in [-0.39, 0.29) is 0 Å². The zero-order valence-corrected chi connectivity index (χ0v) is 15.7. The van der Waals surface area contributed by atoms with Gasteiger partial charge < -0.3 is 5.32 Å². The Hall–Kier alpha value is -1.76. The molecule has 0 saturated heterocycles. The molecule has 132 valence electrons. The van der Waals surface area contributed by atoms with Gasteiger partial charge in [0.05, 0.1) is 0 Å². The molecule has 1 N–H and O–H groups in total. The number of benzene rings is 2. The van der Waals surface area contributed by atoms with Crippen molar-refractivity contribution in [2.75, 3.05) is 5.32 Å². The normalized spacial score (nSPS) is 27.4. The molecule has 1 fully saturated rings. The maximum absolute atomic E-state index is 3.92. The highest BCUT2D eigenvalue weighted by Crippen LogP contribution is 2.52. The van der Waals surface area contributed by atoms with E-state index in [4.69, 9.17) is 0 Å². The van der Waals surface area contributed by atoms with Gasteiger partial charge in [0.2, 0.25) is 0 Å². The monoisotopic (exact) mass is 333 g/mol. The number of unbranched alkanes of at least 4 members (excludes halogenated alkanes) is 2. The van der Waals surface area contributed by atoms with Gasteiger partial charge in [-0.2, -0.15) is 0 Å². The third kappa shape index (κ3) is 3.21. The Labute approximate surface area is 152 Å². The maximum atomic E-state index is 3.92. The Balaban J connectivity index is 1.63. The molecule has 1 heterocycles. The van der Waals surface area contributed by atoms with Crippen LogP contribution in [0.2, 0.25) is 0 Å². The van der Waals surface area contributed by atoms with Gasteiger partial charge >= 0.3 is 0 Å². The number of fused-ring (bicyclic) bond motifs is 3. The van der Waals surface area contributed by atoms with E-state index in [1.165, 1.54) is 55.3 Å². The molecule has 1 heteroatoms. The first-order chi connectivity index (χ1) is 12.3. The minimum absolute atomic E-state index is 0.597. The van der Waals surface area contributed by atoms with Gasteiger partial charge in [-0.25, -0.2) is 0 Å². The highest BCUT2D eigenvalue weighted by Gasteiger charge is 2.43. The predicted molar refractivity (Wildman–Crippen MR) is 107 cm³/mol. The lowest BCUT2D eigenvalue weighted by Crippen LogP contribution is -2.36. The molecule has 0 aromatic heterocycles. The highest BCUT2D eigenvalue weighted by atomic mass is 15.0. The summed E-state index contributed by atoms with van der Waals surface area (Å²) >= 11 is 0. The number of hydrogen-bond donors (Lipinski definition) is 1. The van der Waals surface area contributed by atoms with Crippen LogP contribution >= 0.6 is 0 Å². The van der Waals surface area contributed by atoms with Crippen molar-refractivity contribution in [3.8, 4) is 0 Å². The van der Waals surface area contributed by atoms with Gasteiger partial charge in [0.1, 0.15) is 0 Å². The topological polar surface area (TPSA) is 12.0 Å². The van der Waals surface area contributed by atoms with Crippen LogP contribution in [-0.2, 0) is 6.42 Å². The second-order valence-corrected chi connectivity index (χ2v) is 8.15. The number of hydrogen-bond acceptors (Lipinski definition) is 1.